The average Bonchev–Trinajstić information content (AvgIpc) is 2.75. The van der Waals surface area contributed by atoms with Gasteiger partial charge in [0, 0.05) is 5.56 Å². The Labute approximate surface area is 164 Å². The summed E-state index contributed by atoms with van der Waals surface area (Å²) in [5.74, 6) is 0.157. The van der Waals surface area contributed by atoms with Gasteiger partial charge in [-0.2, -0.15) is 0 Å². The number of ketones is 1. The van der Waals surface area contributed by atoms with Gasteiger partial charge < -0.3 is 0 Å². The van der Waals surface area contributed by atoms with Gasteiger partial charge in [-0.05, 0) is 17.5 Å². The highest BCUT2D eigenvalue weighted by Gasteiger charge is 2.44. The molecule has 1 nitrogen and oxygen atoms in total. The summed E-state index contributed by atoms with van der Waals surface area (Å²) in [6.45, 7) is 2.17. The highest BCUT2D eigenvalue weighted by atomic mass is 31.0. The summed E-state index contributed by atoms with van der Waals surface area (Å²) in [5.41, 5.74) is 2.40. The molecule has 0 heterocycles. The first-order valence-electron chi connectivity index (χ1n) is 9.54. The SMILES string of the molecule is CCCCC(C(=O)C(=[PH2+])c1ccccc1)(c1ccccc1)c1ccccc1. The van der Waals surface area contributed by atoms with E-state index in [2.05, 4.69) is 40.1 Å². The number of carbonyl (C=O) groups excluding carboxylic acids is 1. The molecule has 1 unspecified atom stereocenters. The van der Waals surface area contributed by atoms with Crippen LogP contribution in [-0.4, -0.2) is 11.1 Å². The zero-order valence-electron chi connectivity index (χ0n) is 15.8. The van der Waals surface area contributed by atoms with Crippen molar-refractivity contribution in [1.82, 2.24) is 0 Å². The van der Waals surface area contributed by atoms with E-state index in [1.54, 1.807) is 0 Å². The van der Waals surface area contributed by atoms with E-state index in [1.807, 2.05) is 66.7 Å². The van der Waals surface area contributed by atoms with E-state index in [1.165, 1.54) is 0 Å². The molecule has 2 heteroatoms. The highest BCUT2D eigenvalue weighted by Crippen LogP contribution is 2.39. The molecule has 0 saturated heterocycles. The predicted octanol–water partition coefficient (Wildman–Crippen LogP) is 5.83. The largest absolute Gasteiger partial charge is 0.289 e. The fourth-order valence-electron chi connectivity index (χ4n) is 3.70. The predicted molar refractivity (Wildman–Crippen MR) is 118 cm³/mol. The van der Waals surface area contributed by atoms with Crippen LogP contribution >= 0.6 is 8.86 Å². The molecule has 0 amide bonds. The molecule has 3 aromatic rings. The van der Waals surface area contributed by atoms with E-state index in [4.69, 9.17) is 0 Å². The second kappa shape index (κ2) is 8.93. The summed E-state index contributed by atoms with van der Waals surface area (Å²) in [6, 6.07) is 30.4. The van der Waals surface area contributed by atoms with Crippen LogP contribution in [-0.2, 0) is 10.2 Å². The Balaban J connectivity index is 2.19. The molecule has 3 aromatic carbocycles. The molecule has 136 valence electrons. The molecule has 0 aliphatic rings. The van der Waals surface area contributed by atoms with Crippen molar-refractivity contribution in [1.29, 1.82) is 0 Å². The molecule has 3 rings (SSSR count). The van der Waals surface area contributed by atoms with Crippen LogP contribution in [0.4, 0.5) is 0 Å². The smallest absolute Gasteiger partial charge is 0.219 e. The van der Waals surface area contributed by atoms with E-state index >= 15 is 0 Å². The molecule has 0 N–H and O–H groups in total. The third kappa shape index (κ3) is 3.94. The van der Waals surface area contributed by atoms with Crippen molar-refractivity contribution in [3.63, 3.8) is 0 Å². The molecular weight excluding hydrogens is 347 g/mol. The average molecular weight is 373 g/mol. The van der Waals surface area contributed by atoms with Gasteiger partial charge in [-0.15, -0.1) is 0 Å². The van der Waals surface area contributed by atoms with Crippen molar-refractivity contribution in [2.24, 2.45) is 0 Å². The Bertz CT molecular complexity index is 846. The van der Waals surface area contributed by atoms with Crippen LogP contribution in [0.1, 0.15) is 42.9 Å². The van der Waals surface area contributed by atoms with Gasteiger partial charge in [0.1, 0.15) is 0 Å². The van der Waals surface area contributed by atoms with Gasteiger partial charge in [-0.3, -0.25) is 4.79 Å². The number of rotatable bonds is 8. The third-order valence-corrected chi connectivity index (χ3v) is 5.75. The first kappa shape index (κ1) is 19.3. The lowest BCUT2D eigenvalue weighted by Gasteiger charge is -2.33. The molecular formula is C25H26OP+. The maximum atomic E-state index is 14.0. The molecule has 0 saturated carbocycles. The first-order chi connectivity index (χ1) is 13.2. The van der Waals surface area contributed by atoms with E-state index in [9.17, 15) is 4.79 Å². The highest BCUT2D eigenvalue weighted by molar-refractivity contribution is 7.27. The molecule has 0 radical (unpaired) electrons. The Hall–Kier alpha value is -2.50. The van der Waals surface area contributed by atoms with Crippen molar-refractivity contribution in [2.75, 3.05) is 0 Å². The minimum atomic E-state index is -0.675. The number of hydrogen-bond donors (Lipinski definition) is 0. The Morgan fingerprint density at radius 1 is 0.778 bits per heavy atom. The van der Waals surface area contributed by atoms with E-state index in [0.29, 0.717) is 0 Å². The monoisotopic (exact) mass is 373 g/mol. The third-order valence-electron chi connectivity index (χ3n) is 5.16. The van der Waals surface area contributed by atoms with Crippen LogP contribution in [0, 0.1) is 0 Å². The lowest BCUT2D eigenvalue weighted by molar-refractivity contribution is -0.116. The molecule has 0 aromatic heterocycles. The normalized spacial score (nSPS) is 11.1. The Kier molecular flexibility index (Phi) is 6.37. The van der Waals surface area contributed by atoms with Gasteiger partial charge in [-0.1, -0.05) is 111 Å². The summed E-state index contributed by atoms with van der Waals surface area (Å²) < 4.78 is 0. The second-order valence-electron chi connectivity index (χ2n) is 6.85. The number of hydrogen-bond acceptors (Lipinski definition) is 1. The molecule has 0 aliphatic carbocycles. The quantitative estimate of drug-likeness (QED) is 0.454. The number of benzene rings is 3. The zero-order valence-corrected chi connectivity index (χ0v) is 16.9. The summed E-state index contributed by atoms with van der Waals surface area (Å²) in [6.07, 6.45) is 2.83. The summed E-state index contributed by atoms with van der Waals surface area (Å²) >= 11 is 0. The number of Topliss-reactive ketones (excluding diaryl/α,β-unsaturated/α-hetero) is 1. The molecule has 27 heavy (non-hydrogen) atoms. The van der Waals surface area contributed by atoms with Crippen LogP contribution < -0.4 is 0 Å². The molecule has 0 bridgehead atoms. The van der Waals surface area contributed by atoms with Crippen LogP contribution in [0.5, 0.6) is 0 Å². The van der Waals surface area contributed by atoms with Gasteiger partial charge >= 0.3 is 0 Å². The van der Waals surface area contributed by atoms with Gasteiger partial charge in [-0.25, -0.2) is 0 Å². The van der Waals surface area contributed by atoms with Crippen LogP contribution in [0.15, 0.2) is 91.0 Å². The van der Waals surface area contributed by atoms with Crippen molar-refractivity contribution in [3.05, 3.63) is 108 Å². The first-order valence-corrected chi connectivity index (χ1v) is 10.1. The van der Waals surface area contributed by atoms with E-state index in [-0.39, 0.29) is 5.78 Å². The van der Waals surface area contributed by atoms with Gasteiger partial charge in [0.25, 0.3) is 0 Å². The topological polar surface area (TPSA) is 17.1 Å². The van der Waals surface area contributed by atoms with E-state index < -0.39 is 5.41 Å². The standard InChI is InChI=1S/C25H25OP/c1-2-3-19-25(21-15-9-5-10-16-21,22-17-11-6-12-18-22)24(26)23(27)20-13-7-4-8-14-20/h4-18,27H,2-3,19H2,1H3/p+1. The summed E-state index contributed by atoms with van der Waals surface area (Å²) in [7, 11) is 2.71. The molecule has 0 spiro atoms. The van der Waals surface area contributed by atoms with Gasteiger partial charge in [0.05, 0.1) is 14.3 Å². The van der Waals surface area contributed by atoms with E-state index in [0.717, 1.165) is 41.2 Å². The van der Waals surface area contributed by atoms with Gasteiger partial charge in [0.2, 0.25) is 5.78 Å². The second-order valence-corrected chi connectivity index (χ2v) is 7.43. The Morgan fingerprint density at radius 2 is 1.22 bits per heavy atom. The van der Waals surface area contributed by atoms with Crippen molar-refractivity contribution < 1.29 is 4.79 Å². The van der Waals surface area contributed by atoms with Crippen molar-refractivity contribution in [3.8, 4) is 0 Å². The fraction of sp³-hybridized carbons (Fsp3) is 0.200. The lowest BCUT2D eigenvalue weighted by Crippen LogP contribution is -2.41. The van der Waals surface area contributed by atoms with Crippen LogP contribution in [0.25, 0.3) is 0 Å². The Morgan fingerprint density at radius 3 is 1.67 bits per heavy atom. The zero-order chi connectivity index (χ0) is 19.1. The fourth-order valence-corrected chi connectivity index (χ4v) is 4.14. The van der Waals surface area contributed by atoms with Crippen LogP contribution in [0.3, 0.4) is 0 Å². The molecule has 1 atom stereocenters. The maximum absolute atomic E-state index is 14.0. The lowest BCUT2D eigenvalue weighted by atomic mass is 9.67. The maximum Gasteiger partial charge on any atom is 0.219 e. The van der Waals surface area contributed by atoms with Crippen molar-refractivity contribution >= 4 is 19.9 Å². The number of unbranched alkanes of at least 4 members (excludes halogenated alkanes) is 1. The van der Waals surface area contributed by atoms with Crippen LogP contribution in [0.2, 0.25) is 0 Å². The minimum Gasteiger partial charge on any atom is -0.289 e. The summed E-state index contributed by atoms with van der Waals surface area (Å²) in [5, 5.41) is 0.736. The summed E-state index contributed by atoms with van der Waals surface area (Å²) in [4.78, 5) is 14.0. The molecule has 0 fully saturated rings. The van der Waals surface area contributed by atoms with Crippen molar-refractivity contribution in [2.45, 2.75) is 31.6 Å². The molecule has 0 aliphatic heterocycles. The minimum absolute atomic E-state index is 0.157. The van der Waals surface area contributed by atoms with Gasteiger partial charge in [0.15, 0.2) is 5.29 Å². The number of carbonyl (C=O) groups is 1.